The number of ether oxygens (including phenoxy) is 1. The van der Waals surface area contributed by atoms with E-state index in [-0.39, 0.29) is 25.7 Å². The number of nitrogens with two attached hydrogens (primary N) is 1. The van der Waals surface area contributed by atoms with Crippen LogP contribution >= 0.6 is 11.3 Å². The predicted octanol–water partition coefficient (Wildman–Crippen LogP) is 2.85. The molecule has 0 aliphatic rings. The molecule has 0 saturated carbocycles. The number of nitrogens with zero attached hydrogens (tertiary/aromatic N) is 3. The molecule has 4 aromatic rings. The second-order valence-corrected chi connectivity index (χ2v) is 7.78. The van der Waals surface area contributed by atoms with Gasteiger partial charge in [-0.3, -0.25) is 4.79 Å². The van der Waals surface area contributed by atoms with Crippen LogP contribution in [0, 0.1) is 13.8 Å². The van der Waals surface area contributed by atoms with Crippen LogP contribution in [0.3, 0.4) is 0 Å². The standard InChI is InChI=1S/C21H21N5O4S/c1-11-3-4-13(21-26-25-12(2)30-21)7-16(11)29-9-14-10-31-18-15(20(28)23-5-6-27)8-24-19(22)17(14)18/h3-4,7-8,10,27H,5-6,9H2,1-2H3,(H2,22,24)(H,23,28). The predicted molar refractivity (Wildman–Crippen MR) is 117 cm³/mol. The van der Waals surface area contributed by atoms with Gasteiger partial charge in [0.2, 0.25) is 11.8 Å². The maximum Gasteiger partial charge on any atom is 0.254 e. The van der Waals surface area contributed by atoms with Gasteiger partial charge >= 0.3 is 0 Å². The van der Waals surface area contributed by atoms with E-state index >= 15 is 0 Å². The van der Waals surface area contributed by atoms with Crippen molar-refractivity contribution >= 4 is 33.1 Å². The summed E-state index contributed by atoms with van der Waals surface area (Å²) in [6, 6.07) is 5.68. The average molecular weight is 439 g/mol. The lowest BCUT2D eigenvalue weighted by Gasteiger charge is -2.11. The normalized spacial score (nSPS) is 11.1. The summed E-state index contributed by atoms with van der Waals surface area (Å²) in [4.78, 5) is 16.6. The highest BCUT2D eigenvalue weighted by atomic mass is 32.1. The average Bonchev–Trinajstić information content (AvgIpc) is 3.39. The van der Waals surface area contributed by atoms with Crippen LogP contribution in [0.15, 0.2) is 34.2 Å². The maximum atomic E-state index is 12.4. The molecule has 0 unspecified atom stereocenters. The quantitative estimate of drug-likeness (QED) is 0.400. The number of hydrogen-bond acceptors (Lipinski definition) is 9. The van der Waals surface area contributed by atoms with Crippen molar-refractivity contribution in [3.63, 3.8) is 0 Å². The minimum Gasteiger partial charge on any atom is -0.489 e. The summed E-state index contributed by atoms with van der Waals surface area (Å²) in [6.45, 7) is 3.97. The highest BCUT2D eigenvalue weighted by molar-refractivity contribution is 7.17. The molecule has 1 amide bonds. The van der Waals surface area contributed by atoms with Crippen LogP contribution < -0.4 is 15.8 Å². The Bertz CT molecular complexity index is 1250. The van der Waals surface area contributed by atoms with Crippen LogP contribution in [-0.4, -0.2) is 39.3 Å². The van der Waals surface area contributed by atoms with Gasteiger partial charge in [0.15, 0.2) is 0 Å². The topological polar surface area (TPSA) is 136 Å². The molecular formula is C21H21N5O4S. The molecule has 4 rings (SSSR count). The number of pyridine rings is 1. The number of amides is 1. The number of carbonyl (C=O) groups is 1. The number of hydrogen-bond donors (Lipinski definition) is 3. The van der Waals surface area contributed by atoms with E-state index in [1.165, 1.54) is 17.5 Å². The van der Waals surface area contributed by atoms with E-state index in [0.29, 0.717) is 34.3 Å². The van der Waals surface area contributed by atoms with Gasteiger partial charge in [0.1, 0.15) is 18.2 Å². The monoisotopic (exact) mass is 439 g/mol. The molecule has 160 valence electrons. The van der Waals surface area contributed by atoms with Crippen molar-refractivity contribution < 1.29 is 19.1 Å². The highest BCUT2D eigenvalue weighted by Crippen LogP contribution is 2.34. The Balaban J connectivity index is 1.61. The van der Waals surface area contributed by atoms with E-state index in [2.05, 4.69) is 20.5 Å². The molecule has 3 heterocycles. The molecule has 0 fully saturated rings. The maximum absolute atomic E-state index is 12.4. The number of aromatic nitrogens is 3. The lowest BCUT2D eigenvalue weighted by molar-refractivity contribution is 0.0946. The van der Waals surface area contributed by atoms with Crippen LogP contribution in [0.25, 0.3) is 21.5 Å². The van der Waals surface area contributed by atoms with Crippen molar-refractivity contribution in [2.45, 2.75) is 20.5 Å². The number of aliphatic hydroxyl groups excluding tert-OH is 1. The van der Waals surface area contributed by atoms with Crippen molar-refractivity contribution in [2.24, 2.45) is 0 Å². The number of aliphatic hydroxyl groups is 1. The van der Waals surface area contributed by atoms with Gasteiger partial charge in [0, 0.05) is 36.2 Å². The molecule has 9 nitrogen and oxygen atoms in total. The zero-order chi connectivity index (χ0) is 22.0. The molecule has 0 aliphatic heterocycles. The van der Waals surface area contributed by atoms with Gasteiger partial charge in [-0.05, 0) is 30.0 Å². The number of rotatable bonds is 7. The molecule has 3 aromatic heterocycles. The van der Waals surface area contributed by atoms with Crippen molar-refractivity contribution in [3.8, 4) is 17.2 Å². The Morgan fingerprint density at radius 1 is 1.32 bits per heavy atom. The minimum atomic E-state index is -0.306. The van der Waals surface area contributed by atoms with E-state index in [1.54, 1.807) is 6.92 Å². The van der Waals surface area contributed by atoms with Crippen LogP contribution in [0.5, 0.6) is 5.75 Å². The van der Waals surface area contributed by atoms with Gasteiger partial charge < -0.3 is 25.3 Å². The molecule has 1 aromatic carbocycles. The van der Waals surface area contributed by atoms with Gasteiger partial charge in [-0.1, -0.05) is 6.07 Å². The van der Waals surface area contributed by atoms with E-state index in [9.17, 15) is 4.79 Å². The Kier molecular flexibility index (Phi) is 5.83. The minimum absolute atomic E-state index is 0.137. The first-order valence-electron chi connectivity index (χ1n) is 9.55. The fraction of sp³-hybridized carbons (Fsp3) is 0.238. The number of carbonyl (C=O) groups excluding carboxylic acids is 1. The van der Waals surface area contributed by atoms with Gasteiger partial charge in [-0.25, -0.2) is 4.98 Å². The number of benzene rings is 1. The molecule has 4 N–H and O–H groups in total. The van der Waals surface area contributed by atoms with Crippen molar-refractivity contribution in [2.75, 3.05) is 18.9 Å². The Labute approximate surface area is 181 Å². The molecule has 0 bridgehead atoms. The van der Waals surface area contributed by atoms with E-state index in [1.807, 2.05) is 30.5 Å². The third-order valence-electron chi connectivity index (χ3n) is 4.69. The smallest absolute Gasteiger partial charge is 0.254 e. The first kappa shape index (κ1) is 20.8. The number of thiophene rings is 1. The third-order valence-corrected chi connectivity index (χ3v) is 5.75. The number of anilines is 1. The van der Waals surface area contributed by atoms with E-state index in [4.69, 9.17) is 20.0 Å². The molecule has 0 spiro atoms. The summed E-state index contributed by atoms with van der Waals surface area (Å²) in [5, 5.41) is 22.1. The fourth-order valence-electron chi connectivity index (χ4n) is 3.12. The van der Waals surface area contributed by atoms with Crippen LogP contribution in [0.4, 0.5) is 5.82 Å². The molecule has 0 saturated heterocycles. The van der Waals surface area contributed by atoms with Crippen molar-refractivity contribution in [1.82, 2.24) is 20.5 Å². The molecule has 0 aliphatic carbocycles. The Morgan fingerprint density at radius 2 is 2.16 bits per heavy atom. The molecule has 0 radical (unpaired) electrons. The number of aryl methyl sites for hydroxylation is 2. The zero-order valence-electron chi connectivity index (χ0n) is 17.0. The lowest BCUT2D eigenvalue weighted by Crippen LogP contribution is -2.26. The van der Waals surface area contributed by atoms with Crippen molar-refractivity contribution in [3.05, 3.63) is 52.4 Å². The number of fused-ring (bicyclic) bond motifs is 1. The summed E-state index contributed by atoms with van der Waals surface area (Å²) >= 11 is 1.40. The number of nitrogens with one attached hydrogen (secondary N) is 1. The Hall–Kier alpha value is -3.50. The largest absolute Gasteiger partial charge is 0.489 e. The lowest BCUT2D eigenvalue weighted by atomic mass is 10.1. The first-order valence-corrected chi connectivity index (χ1v) is 10.4. The fourth-order valence-corrected chi connectivity index (χ4v) is 4.19. The Morgan fingerprint density at radius 3 is 2.90 bits per heavy atom. The summed E-state index contributed by atoms with van der Waals surface area (Å²) in [6.07, 6.45) is 1.45. The van der Waals surface area contributed by atoms with Gasteiger partial charge in [-0.2, -0.15) is 0 Å². The second-order valence-electron chi connectivity index (χ2n) is 6.90. The number of nitrogen functional groups attached to an aromatic ring is 1. The van der Waals surface area contributed by atoms with Gasteiger partial charge in [-0.15, -0.1) is 21.5 Å². The summed E-state index contributed by atoms with van der Waals surface area (Å²) in [7, 11) is 0. The third kappa shape index (κ3) is 4.21. The summed E-state index contributed by atoms with van der Waals surface area (Å²) in [5.41, 5.74) is 9.08. The molecule has 0 atom stereocenters. The van der Waals surface area contributed by atoms with Crippen LogP contribution in [0.1, 0.15) is 27.4 Å². The van der Waals surface area contributed by atoms with Gasteiger partial charge in [0.25, 0.3) is 5.91 Å². The SMILES string of the molecule is Cc1nnc(-c2ccc(C)c(OCc3csc4c(C(=O)NCCO)cnc(N)c34)c2)o1. The van der Waals surface area contributed by atoms with E-state index < -0.39 is 0 Å². The highest BCUT2D eigenvalue weighted by Gasteiger charge is 2.18. The molecule has 10 heteroatoms. The zero-order valence-corrected chi connectivity index (χ0v) is 17.8. The first-order chi connectivity index (χ1) is 15.0. The molecule has 31 heavy (non-hydrogen) atoms. The van der Waals surface area contributed by atoms with Gasteiger partial charge in [0.05, 0.1) is 16.9 Å². The molecular weight excluding hydrogens is 418 g/mol. The van der Waals surface area contributed by atoms with E-state index in [0.717, 1.165) is 21.4 Å². The van der Waals surface area contributed by atoms with Crippen molar-refractivity contribution in [1.29, 1.82) is 0 Å². The summed E-state index contributed by atoms with van der Waals surface area (Å²) < 4.78 is 12.3. The second kappa shape index (κ2) is 8.70. The van der Waals surface area contributed by atoms with Crippen LogP contribution in [0.2, 0.25) is 0 Å². The summed E-state index contributed by atoms with van der Waals surface area (Å²) in [5.74, 6) is 1.62. The van der Waals surface area contributed by atoms with Crippen LogP contribution in [-0.2, 0) is 6.61 Å².